The molecule has 0 fully saturated rings. The van der Waals surface area contributed by atoms with E-state index in [0.29, 0.717) is 0 Å². The van der Waals surface area contributed by atoms with Crippen molar-refractivity contribution in [1.29, 1.82) is 0 Å². The van der Waals surface area contributed by atoms with Gasteiger partial charge in [0.1, 0.15) is 12.2 Å². The average molecular weight is 358 g/mol. The first-order valence-electron chi connectivity index (χ1n) is 6.89. The number of halogens is 3. The van der Waals surface area contributed by atoms with Gasteiger partial charge in [0.25, 0.3) is 0 Å². The van der Waals surface area contributed by atoms with E-state index in [0.717, 1.165) is 23.0 Å². The Labute approximate surface area is 139 Å². The van der Waals surface area contributed by atoms with Gasteiger partial charge in [0.15, 0.2) is 0 Å². The summed E-state index contributed by atoms with van der Waals surface area (Å²) >= 11 is 0. The van der Waals surface area contributed by atoms with Gasteiger partial charge in [-0.25, -0.2) is 4.68 Å². The van der Waals surface area contributed by atoms with Crippen LogP contribution < -0.4 is 10.1 Å². The zero-order valence-corrected chi connectivity index (χ0v) is 13.1. The first-order chi connectivity index (χ1) is 11.6. The highest BCUT2D eigenvalue weighted by atomic mass is 19.4. The Bertz CT molecular complexity index is 804. The highest BCUT2D eigenvalue weighted by Crippen LogP contribution is 2.35. The zero-order valence-electron chi connectivity index (χ0n) is 13.1. The van der Waals surface area contributed by atoms with E-state index in [1.165, 1.54) is 26.2 Å². The second-order valence-electron chi connectivity index (χ2n) is 4.97. The fourth-order valence-corrected chi connectivity index (χ4v) is 2.03. The third kappa shape index (κ3) is 3.87. The molecule has 0 aliphatic carbocycles. The molecule has 0 radical (unpaired) electrons. The number of carbonyl (C=O) groups is 1. The maximum absolute atomic E-state index is 13.0. The minimum absolute atomic E-state index is 0.305. The summed E-state index contributed by atoms with van der Waals surface area (Å²) in [6.07, 6.45) is -3.67. The predicted octanol–water partition coefficient (Wildman–Crippen LogP) is 3.02. The zero-order chi connectivity index (χ0) is 18.8. The Morgan fingerprint density at radius 2 is 2.04 bits per heavy atom. The molecular weight excluding hydrogens is 345 g/mol. The van der Waals surface area contributed by atoms with E-state index in [1.54, 1.807) is 0 Å². The Kier molecular flexibility index (Phi) is 4.95. The average Bonchev–Trinajstić information content (AvgIpc) is 2.98. The number of carbonyl (C=O) groups excluding carboxylic acids is 1. The lowest BCUT2D eigenvalue weighted by Gasteiger charge is -2.16. The van der Waals surface area contributed by atoms with Gasteiger partial charge < -0.3 is 10.1 Å². The van der Waals surface area contributed by atoms with E-state index in [1.807, 2.05) is 0 Å². The summed E-state index contributed by atoms with van der Waals surface area (Å²) in [7, 11) is 1.17. The number of rotatable bonds is 5. The fraction of sp³-hybridized carbons (Fsp3) is 0.286. The molecule has 2 rings (SSSR count). The van der Waals surface area contributed by atoms with E-state index in [-0.39, 0.29) is 5.88 Å². The summed E-state index contributed by atoms with van der Waals surface area (Å²) < 4.78 is 44.6. The molecule has 0 saturated carbocycles. The number of para-hydroxylation sites is 1. The maximum atomic E-state index is 13.0. The van der Waals surface area contributed by atoms with Crippen LogP contribution in [0.5, 0.6) is 5.88 Å². The summed E-state index contributed by atoms with van der Waals surface area (Å²) in [4.78, 5) is 22.4. The second kappa shape index (κ2) is 6.79. The number of nitro groups is 1. The van der Waals surface area contributed by atoms with E-state index >= 15 is 0 Å². The van der Waals surface area contributed by atoms with Crippen LogP contribution in [0.4, 0.5) is 24.5 Å². The molecule has 1 heterocycles. The lowest BCUT2D eigenvalue weighted by Crippen LogP contribution is -2.25. The monoisotopic (exact) mass is 358 g/mol. The number of nitrogens with one attached hydrogen (secondary N) is 1. The first kappa shape index (κ1) is 18.2. The number of aromatic nitrogens is 2. The van der Waals surface area contributed by atoms with Crippen molar-refractivity contribution in [2.45, 2.75) is 19.1 Å². The minimum atomic E-state index is -4.64. The normalized spacial score (nSPS) is 12.5. The molecule has 11 heteroatoms. The highest BCUT2D eigenvalue weighted by Gasteiger charge is 2.34. The van der Waals surface area contributed by atoms with Gasteiger partial charge in [0, 0.05) is 0 Å². The van der Waals surface area contributed by atoms with Crippen molar-refractivity contribution in [1.82, 2.24) is 9.78 Å². The molecule has 0 saturated heterocycles. The molecule has 1 atom stereocenters. The van der Waals surface area contributed by atoms with Gasteiger partial charge in [-0.1, -0.05) is 12.1 Å². The smallest absolute Gasteiger partial charge is 0.418 e. The van der Waals surface area contributed by atoms with Gasteiger partial charge in [-0.2, -0.15) is 13.2 Å². The van der Waals surface area contributed by atoms with Crippen LogP contribution in [-0.2, 0) is 11.0 Å². The standard InChI is InChI=1S/C14H13F3N4O4/c1-8(20-7-11(21(23)24)13(19-20)25-2)12(22)18-10-6-4-3-5-9(10)14(15,16)17/h3-8H,1-2H3,(H,18,22). The van der Waals surface area contributed by atoms with Crippen LogP contribution in [0.3, 0.4) is 0 Å². The number of alkyl halides is 3. The molecule has 0 aliphatic heterocycles. The van der Waals surface area contributed by atoms with Crippen LogP contribution in [0.1, 0.15) is 18.5 Å². The summed E-state index contributed by atoms with van der Waals surface area (Å²) in [6.45, 7) is 1.34. The van der Waals surface area contributed by atoms with Crippen LogP contribution in [0.2, 0.25) is 0 Å². The molecule has 2 aromatic rings. The number of hydrogen-bond acceptors (Lipinski definition) is 5. The van der Waals surface area contributed by atoms with Crippen molar-refractivity contribution >= 4 is 17.3 Å². The molecule has 8 nitrogen and oxygen atoms in total. The SMILES string of the molecule is COc1nn(C(C)C(=O)Nc2ccccc2C(F)(F)F)cc1[N+](=O)[O-]. The Balaban J connectivity index is 2.26. The molecule has 1 aromatic heterocycles. The van der Waals surface area contributed by atoms with Crippen LogP contribution in [0.15, 0.2) is 30.5 Å². The molecule has 1 N–H and O–H groups in total. The van der Waals surface area contributed by atoms with Crippen molar-refractivity contribution in [3.63, 3.8) is 0 Å². The number of methoxy groups -OCH3 is 1. The molecule has 1 unspecified atom stereocenters. The van der Waals surface area contributed by atoms with Crippen LogP contribution in [0.25, 0.3) is 0 Å². The van der Waals surface area contributed by atoms with Crippen molar-refractivity contribution in [2.75, 3.05) is 12.4 Å². The third-order valence-corrected chi connectivity index (χ3v) is 3.34. The van der Waals surface area contributed by atoms with Gasteiger partial charge >= 0.3 is 17.7 Å². The number of nitrogens with zero attached hydrogens (tertiary/aromatic N) is 3. The van der Waals surface area contributed by atoms with Crippen molar-refractivity contribution in [3.8, 4) is 5.88 Å². The van der Waals surface area contributed by atoms with Crippen LogP contribution in [-0.4, -0.2) is 27.7 Å². The quantitative estimate of drug-likeness (QED) is 0.654. The Morgan fingerprint density at radius 1 is 1.40 bits per heavy atom. The van der Waals surface area contributed by atoms with Gasteiger partial charge in [0.2, 0.25) is 5.91 Å². The number of hydrogen-bond donors (Lipinski definition) is 1. The number of benzene rings is 1. The Hall–Kier alpha value is -3.11. The molecule has 0 bridgehead atoms. The van der Waals surface area contributed by atoms with E-state index < -0.39 is 40.0 Å². The predicted molar refractivity (Wildman–Crippen MR) is 80.2 cm³/mol. The largest absolute Gasteiger partial charge is 0.475 e. The number of anilines is 1. The first-order valence-corrected chi connectivity index (χ1v) is 6.89. The summed E-state index contributed by atoms with van der Waals surface area (Å²) in [6, 6.07) is 3.38. The summed E-state index contributed by atoms with van der Waals surface area (Å²) in [5.74, 6) is -1.13. The maximum Gasteiger partial charge on any atom is 0.418 e. The van der Waals surface area contributed by atoms with Crippen LogP contribution >= 0.6 is 0 Å². The Morgan fingerprint density at radius 3 is 2.56 bits per heavy atom. The second-order valence-corrected chi connectivity index (χ2v) is 4.97. The highest BCUT2D eigenvalue weighted by molar-refractivity contribution is 5.94. The molecule has 1 aromatic carbocycles. The lowest BCUT2D eigenvalue weighted by molar-refractivity contribution is -0.385. The minimum Gasteiger partial charge on any atom is -0.475 e. The molecule has 25 heavy (non-hydrogen) atoms. The molecular formula is C14H13F3N4O4. The molecule has 1 amide bonds. The van der Waals surface area contributed by atoms with Gasteiger partial charge in [-0.05, 0) is 19.1 Å². The van der Waals surface area contributed by atoms with E-state index in [9.17, 15) is 28.1 Å². The van der Waals surface area contributed by atoms with Crippen molar-refractivity contribution in [2.24, 2.45) is 0 Å². The van der Waals surface area contributed by atoms with Gasteiger partial charge in [-0.3, -0.25) is 14.9 Å². The summed E-state index contributed by atoms with van der Waals surface area (Å²) in [5, 5.41) is 16.8. The fourth-order valence-electron chi connectivity index (χ4n) is 2.03. The number of ether oxygens (including phenoxy) is 1. The molecule has 0 spiro atoms. The molecule has 0 aliphatic rings. The third-order valence-electron chi connectivity index (χ3n) is 3.34. The topological polar surface area (TPSA) is 99.3 Å². The van der Waals surface area contributed by atoms with E-state index in [4.69, 9.17) is 4.74 Å². The van der Waals surface area contributed by atoms with Gasteiger partial charge in [-0.15, -0.1) is 5.10 Å². The van der Waals surface area contributed by atoms with E-state index in [2.05, 4.69) is 10.4 Å². The number of amides is 1. The summed E-state index contributed by atoms with van der Waals surface area (Å²) in [5.41, 5.74) is -1.88. The van der Waals surface area contributed by atoms with Gasteiger partial charge in [0.05, 0.1) is 23.3 Å². The lowest BCUT2D eigenvalue weighted by atomic mass is 10.1. The van der Waals surface area contributed by atoms with Crippen molar-refractivity contribution in [3.05, 3.63) is 46.1 Å². The van der Waals surface area contributed by atoms with Crippen molar-refractivity contribution < 1.29 is 27.6 Å². The van der Waals surface area contributed by atoms with Crippen LogP contribution in [0, 0.1) is 10.1 Å². The molecule has 134 valence electrons.